The molecule has 0 aromatic heterocycles. The number of halogens is 1. The first-order valence-electron chi connectivity index (χ1n) is 6.04. The lowest BCUT2D eigenvalue weighted by Crippen LogP contribution is -2.34. The van der Waals surface area contributed by atoms with E-state index in [0.29, 0.717) is 0 Å². The van der Waals surface area contributed by atoms with E-state index in [1.807, 2.05) is 20.8 Å². The van der Waals surface area contributed by atoms with E-state index in [-0.39, 0.29) is 5.41 Å². The molecule has 0 aliphatic rings. The van der Waals surface area contributed by atoms with Gasteiger partial charge in [-0.05, 0) is 19.3 Å². The molecule has 0 aliphatic heterocycles. The third-order valence-electron chi connectivity index (χ3n) is 2.90. The predicted molar refractivity (Wildman–Crippen MR) is 71.2 cm³/mol. The molecule has 0 bridgehead atoms. The van der Waals surface area contributed by atoms with E-state index in [0.717, 1.165) is 19.3 Å². The molecule has 126 valence electrons. The lowest BCUT2D eigenvalue weighted by molar-refractivity contribution is -0.159. The van der Waals surface area contributed by atoms with Gasteiger partial charge in [0.2, 0.25) is 6.36 Å². The number of nitrogens with two attached hydrogens (primary N) is 1. The fraction of sp³-hybridized carbons (Fsp3) is 0.800. The van der Waals surface area contributed by atoms with Crippen LogP contribution in [0.15, 0.2) is 0 Å². The smallest absolute Gasteiger partial charge is 0.473 e. The summed E-state index contributed by atoms with van der Waals surface area (Å²) in [6, 6.07) is 0. The number of carboxylic acids is 2. The summed E-state index contributed by atoms with van der Waals surface area (Å²) in [6.45, 7) is 5.87. The minimum Gasteiger partial charge on any atom is -0.473 e. The van der Waals surface area contributed by atoms with Gasteiger partial charge in [-0.15, -0.1) is 0 Å². The largest absolute Gasteiger partial charge is 0.631 e. The fourth-order valence-corrected chi connectivity index (χ4v) is 1.38. The highest BCUT2D eigenvalue weighted by atomic mass is 19.1. The van der Waals surface area contributed by atoms with Crippen molar-refractivity contribution in [1.82, 2.24) is 0 Å². The molecular formula is C10H23BFNO8. The molecule has 0 spiro atoms. The van der Waals surface area contributed by atoms with Gasteiger partial charge >= 0.3 is 19.3 Å². The van der Waals surface area contributed by atoms with Crippen LogP contribution >= 0.6 is 0 Å². The normalized spacial score (nSPS) is 11.2. The third kappa shape index (κ3) is 13.5. The third-order valence-corrected chi connectivity index (χ3v) is 2.90. The Morgan fingerprint density at radius 3 is 1.38 bits per heavy atom. The molecule has 0 aliphatic carbocycles. The van der Waals surface area contributed by atoms with Crippen molar-refractivity contribution in [2.45, 2.75) is 46.4 Å². The standard InChI is InChI=1S/C8H18FNO.C2H2O4.BH3O3/c1-4-8(5-2,6-3)7(9)11-10;3-1(4)2(5)6;2-1(3)4/h7H,4-6,10H2,1-3H3;(H,3,4)(H,5,6);2-4H. The molecule has 11 heteroatoms. The molecule has 0 saturated carbocycles. The van der Waals surface area contributed by atoms with E-state index >= 15 is 0 Å². The zero-order valence-electron chi connectivity index (χ0n) is 12.2. The van der Waals surface area contributed by atoms with Gasteiger partial charge in [0, 0.05) is 5.41 Å². The number of carbonyl (C=O) groups is 2. The van der Waals surface area contributed by atoms with Gasteiger partial charge in [0.1, 0.15) is 0 Å². The van der Waals surface area contributed by atoms with Crippen molar-refractivity contribution in [1.29, 1.82) is 0 Å². The summed E-state index contributed by atoms with van der Waals surface area (Å²) in [6.07, 6.45) is 0.956. The van der Waals surface area contributed by atoms with Gasteiger partial charge in [0.25, 0.3) is 0 Å². The molecule has 0 fully saturated rings. The fourth-order valence-electron chi connectivity index (χ4n) is 1.38. The number of alkyl halides is 1. The van der Waals surface area contributed by atoms with Crippen LogP contribution in [0.1, 0.15) is 40.0 Å². The lowest BCUT2D eigenvalue weighted by atomic mass is 9.80. The summed E-state index contributed by atoms with van der Waals surface area (Å²) in [7, 11) is -2.17. The highest BCUT2D eigenvalue weighted by Crippen LogP contribution is 2.36. The van der Waals surface area contributed by atoms with Gasteiger partial charge < -0.3 is 25.3 Å². The number of rotatable bonds is 5. The molecule has 0 aromatic rings. The van der Waals surface area contributed by atoms with Gasteiger partial charge in [-0.25, -0.2) is 19.9 Å². The number of hydrogen-bond donors (Lipinski definition) is 6. The molecule has 0 rings (SSSR count). The maximum atomic E-state index is 13.1. The van der Waals surface area contributed by atoms with Crippen LogP contribution in [0, 0.1) is 5.41 Å². The van der Waals surface area contributed by atoms with Crippen LogP contribution in [0.25, 0.3) is 0 Å². The molecule has 21 heavy (non-hydrogen) atoms. The Balaban J connectivity index is -0.000000272. The number of hydrogen-bond acceptors (Lipinski definition) is 7. The Morgan fingerprint density at radius 2 is 1.33 bits per heavy atom. The Hall–Kier alpha value is -1.27. The van der Waals surface area contributed by atoms with Crippen molar-refractivity contribution in [2.24, 2.45) is 11.3 Å². The monoisotopic (exact) mass is 315 g/mol. The van der Waals surface area contributed by atoms with Gasteiger partial charge in [-0.1, -0.05) is 20.8 Å². The van der Waals surface area contributed by atoms with Crippen molar-refractivity contribution in [3.63, 3.8) is 0 Å². The first-order chi connectivity index (χ1) is 9.54. The first-order valence-corrected chi connectivity index (χ1v) is 6.04. The summed E-state index contributed by atoms with van der Waals surface area (Å²) in [5.74, 6) is 1.16. The van der Waals surface area contributed by atoms with Crippen molar-refractivity contribution >= 4 is 19.3 Å². The number of carboxylic acid groups (broad SMARTS) is 2. The predicted octanol–water partition coefficient (Wildman–Crippen LogP) is -0.507. The minimum atomic E-state index is -2.17. The van der Waals surface area contributed by atoms with Gasteiger partial charge in [0.15, 0.2) is 0 Å². The van der Waals surface area contributed by atoms with Crippen LogP contribution in [-0.4, -0.2) is 50.9 Å². The maximum absolute atomic E-state index is 13.1. The zero-order chi connectivity index (χ0) is 17.6. The van der Waals surface area contributed by atoms with E-state index in [2.05, 4.69) is 4.84 Å². The summed E-state index contributed by atoms with van der Waals surface area (Å²) in [5, 5.41) is 36.3. The Kier molecular flexibility index (Phi) is 16.1. The van der Waals surface area contributed by atoms with Crippen molar-refractivity contribution in [3.05, 3.63) is 0 Å². The second-order valence-electron chi connectivity index (χ2n) is 3.83. The molecule has 1 atom stereocenters. The van der Waals surface area contributed by atoms with E-state index in [4.69, 9.17) is 40.8 Å². The van der Waals surface area contributed by atoms with E-state index in [9.17, 15) is 4.39 Å². The maximum Gasteiger partial charge on any atom is 0.631 e. The Labute approximate surface area is 122 Å². The van der Waals surface area contributed by atoms with Crippen molar-refractivity contribution in [2.75, 3.05) is 0 Å². The molecule has 0 saturated heterocycles. The molecule has 9 nitrogen and oxygen atoms in total. The van der Waals surface area contributed by atoms with Crippen molar-refractivity contribution < 1.29 is 44.1 Å². The highest BCUT2D eigenvalue weighted by molar-refractivity contribution is 6.30. The average Bonchev–Trinajstić information content (AvgIpc) is 2.41. The van der Waals surface area contributed by atoms with E-state index < -0.39 is 25.6 Å². The highest BCUT2D eigenvalue weighted by Gasteiger charge is 2.34. The van der Waals surface area contributed by atoms with Gasteiger partial charge in [-0.2, -0.15) is 0 Å². The minimum absolute atomic E-state index is 0.380. The zero-order valence-corrected chi connectivity index (χ0v) is 12.2. The number of aliphatic carboxylic acids is 2. The molecule has 0 amide bonds. The quantitative estimate of drug-likeness (QED) is 0.222. The van der Waals surface area contributed by atoms with Crippen LogP contribution in [0.4, 0.5) is 4.39 Å². The van der Waals surface area contributed by atoms with Crippen LogP contribution in [0.3, 0.4) is 0 Å². The van der Waals surface area contributed by atoms with Crippen LogP contribution in [0.5, 0.6) is 0 Å². The summed E-state index contributed by atoms with van der Waals surface area (Å²) in [5.41, 5.74) is -0.380. The molecule has 0 heterocycles. The molecule has 0 radical (unpaired) electrons. The SMILES string of the molecule is CCC(CC)(CC)C(F)ON.O=C(O)C(=O)O.OB(O)O. The summed E-state index contributed by atoms with van der Waals surface area (Å²) in [4.78, 5) is 22.4. The topological polar surface area (TPSA) is 171 Å². The van der Waals surface area contributed by atoms with Crippen LogP contribution in [-0.2, 0) is 14.4 Å². The second-order valence-corrected chi connectivity index (χ2v) is 3.83. The Bertz CT molecular complexity index is 265. The van der Waals surface area contributed by atoms with Crippen LogP contribution in [0.2, 0.25) is 0 Å². The average molecular weight is 315 g/mol. The van der Waals surface area contributed by atoms with Gasteiger partial charge in [-0.3, -0.25) is 4.84 Å². The molecule has 1 unspecified atom stereocenters. The van der Waals surface area contributed by atoms with Crippen LogP contribution < -0.4 is 5.90 Å². The molecule has 0 aromatic carbocycles. The summed E-state index contributed by atoms with van der Waals surface area (Å²) >= 11 is 0. The molecular weight excluding hydrogens is 292 g/mol. The second kappa shape index (κ2) is 13.7. The van der Waals surface area contributed by atoms with E-state index in [1.165, 1.54) is 0 Å². The first kappa shape index (κ1) is 24.7. The van der Waals surface area contributed by atoms with Gasteiger partial charge in [0.05, 0.1) is 0 Å². The molecule has 7 N–H and O–H groups in total. The lowest BCUT2D eigenvalue weighted by Gasteiger charge is -2.31. The summed E-state index contributed by atoms with van der Waals surface area (Å²) < 4.78 is 13.1. The Morgan fingerprint density at radius 1 is 1.10 bits per heavy atom. The van der Waals surface area contributed by atoms with Crippen molar-refractivity contribution in [3.8, 4) is 0 Å². The van der Waals surface area contributed by atoms with E-state index in [1.54, 1.807) is 0 Å².